The van der Waals surface area contributed by atoms with Crippen LogP contribution in [0.2, 0.25) is 0 Å². The van der Waals surface area contributed by atoms with Gasteiger partial charge in [0, 0.05) is 18.0 Å². The molecule has 0 aliphatic carbocycles. The Morgan fingerprint density at radius 2 is 2.11 bits per heavy atom. The molecule has 0 fully saturated rings. The predicted molar refractivity (Wildman–Crippen MR) is 71.4 cm³/mol. The van der Waals surface area contributed by atoms with Crippen molar-refractivity contribution in [3.8, 4) is 0 Å². The highest BCUT2D eigenvalue weighted by Gasteiger charge is 2.07. The quantitative estimate of drug-likeness (QED) is 0.838. The van der Waals surface area contributed by atoms with E-state index in [2.05, 4.69) is 5.32 Å². The Bertz CT molecular complexity index is 619. The summed E-state index contributed by atoms with van der Waals surface area (Å²) in [6.45, 7) is 0.865. The fourth-order valence-electron chi connectivity index (χ4n) is 2.16. The largest absolute Gasteiger partial charge is 0.320 e. The minimum Gasteiger partial charge on any atom is -0.320 e. The lowest BCUT2D eigenvalue weighted by Gasteiger charge is -2.08. The summed E-state index contributed by atoms with van der Waals surface area (Å²) in [6, 6.07) is 6.29. The molecule has 1 aromatic carbocycles. The monoisotopic (exact) mass is 248 g/mol. The summed E-state index contributed by atoms with van der Waals surface area (Å²) in [7, 11) is 3.61. The summed E-state index contributed by atoms with van der Waals surface area (Å²) in [5.41, 5.74) is 1.51. The van der Waals surface area contributed by atoms with Gasteiger partial charge in [0.05, 0.1) is 5.52 Å². The second-order valence-electron chi connectivity index (χ2n) is 4.44. The van der Waals surface area contributed by atoms with Crippen molar-refractivity contribution in [1.29, 1.82) is 0 Å². The highest BCUT2D eigenvalue weighted by atomic mass is 19.1. The SMILES string of the molecule is CNCCCc1cc2cc(F)ccc2n(C)c1=O. The van der Waals surface area contributed by atoms with Gasteiger partial charge in [-0.3, -0.25) is 4.79 Å². The van der Waals surface area contributed by atoms with E-state index in [0.717, 1.165) is 29.4 Å². The van der Waals surface area contributed by atoms with E-state index in [-0.39, 0.29) is 11.4 Å². The number of hydrogen-bond donors (Lipinski definition) is 1. The number of nitrogens with zero attached hydrogens (tertiary/aromatic N) is 1. The van der Waals surface area contributed by atoms with Gasteiger partial charge in [0.15, 0.2) is 0 Å². The molecule has 18 heavy (non-hydrogen) atoms. The van der Waals surface area contributed by atoms with Crippen LogP contribution in [0.25, 0.3) is 10.9 Å². The van der Waals surface area contributed by atoms with Gasteiger partial charge in [-0.15, -0.1) is 0 Å². The maximum atomic E-state index is 13.2. The second-order valence-corrected chi connectivity index (χ2v) is 4.44. The van der Waals surface area contributed by atoms with Crippen molar-refractivity contribution < 1.29 is 4.39 Å². The zero-order chi connectivity index (χ0) is 13.1. The maximum absolute atomic E-state index is 13.2. The summed E-state index contributed by atoms with van der Waals surface area (Å²) in [4.78, 5) is 12.1. The molecule has 0 amide bonds. The van der Waals surface area contributed by atoms with Crippen LogP contribution in [0.5, 0.6) is 0 Å². The molecule has 0 spiro atoms. The van der Waals surface area contributed by atoms with Gasteiger partial charge in [-0.25, -0.2) is 4.39 Å². The number of benzene rings is 1. The Hall–Kier alpha value is -1.68. The van der Waals surface area contributed by atoms with Crippen molar-refractivity contribution in [2.24, 2.45) is 7.05 Å². The molecule has 0 unspecified atom stereocenters. The van der Waals surface area contributed by atoms with Crippen LogP contribution < -0.4 is 10.9 Å². The summed E-state index contributed by atoms with van der Waals surface area (Å²) in [5, 5.41) is 3.82. The molecule has 0 aliphatic rings. The summed E-state index contributed by atoms with van der Waals surface area (Å²) in [6.07, 6.45) is 1.60. The van der Waals surface area contributed by atoms with Gasteiger partial charge >= 0.3 is 0 Å². The van der Waals surface area contributed by atoms with Crippen LogP contribution >= 0.6 is 0 Å². The van der Waals surface area contributed by atoms with Crippen LogP contribution in [-0.4, -0.2) is 18.2 Å². The Morgan fingerprint density at radius 3 is 2.83 bits per heavy atom. The molecule has 0 saturated carbocycles. The van der Waals surface area contributed by atoms with E-state index in [1.807, 2.05) is 7.05 Å². The van der Waals surface area contributed by atoms with E-state index in [9.17, 15) is 9.18 Å². The van der Waals surface area contributed by atoms with Crippen LogP contribution in [0.1, 0.15) is 12.0 Å². The fraction of sp³-hybridized carbons (Fsp3) is 0.357. The Kier molecular flexibility index (Phi) is 3.77. The van der Waals surface area contributed by atoms with Gasteiger partial charge in [-0.05, 0) is 50.7 Å². The predicted octanol–water partition coefficient (Wildman–Crippen LogP) is 1.83. The second kappa shape index (κ2) is 5.31. The first kappa shape index (κ1) is 12.8. The minimum absolute atomic E-state index is 0.00483. The maximum Gasteiger partial charge on any atom is 0.253 e. The van der Waals surface area contributed by atoms with Crippen molar-refractivity contribution in [3.63, 3.8) is 0 Å². The molecule has 0 bridgehead atoms. The molecule has 2 rings (SSSR count). The van der Waals surface area contributed by atoms with Gasteiger partial charge in [-0.2, -0.15) is 0 Å². The van der Waals surface area contributed by atoms with Crippen LogP contribution in [0, 0.1) is 5.82 Å². The van der Waals surface area contributed by atoms with Crippen LogP contribution in [0.3, 0.4) is 0 Å². The molecular weight excluding hydrogens is 231 g/mol. The molecule has 0 aliphatic heterocycles. The normalized spacial score (nSPS) is 11.1. The van der Waals surface area contributed by atoms with Gasteiger partial charge < -0.3 is 9.88 Å². The van der Waals surface area contributed by atoms with Gasteiger partial charge in [-0.1, -0.05) is 0 Å². The number of fused-ring (bicyclic) bond motifs is 1. The topological polar surface area (TPSA) is 34.0 Å². The first-order chi connectivity index (χ1) is 8.63. The van der Waals surface area contributed by atoms with Crippen molar-refractivity contribution >= 4 is 10.9 Å². The molecule has 1 N–H and O–H groups in total. The molecule has 0 saturated heterocycles. The van der Waals surface area contributed by atoms with E-state index in [1.165, 1.54) is 12.1 Å². The van der Waals surface area contributed by atoms with Crippen LogP contribution in [-0.2, 0) is 13.5 Å². The lowest BCUT2D eigenvalue weighted by molar-refractivity contribution is 0.629. The lowest BCUT2D eigenvalue weighted by Crippen LogP contribution is -2.22. The summed E-state index contributed by atoms with van der Waals surface area (Å²) in [5.74, 6) is -0.276. The third-order valence-corrected chi connectivity index (χ3v) is 3.13. The summed E-state index contributed by atoms with van der Waals surface area (Å²) >= 11 is 0. The molecule has 3 nitrogen and oxygen atoms in total. The van der Waals surface area contributed by atoms with E-state index >= 15 is 0 Å². The van der Waals surface area contributed by atoms with E-state index in [1.54, 1.807) is 23.7 Å². The molecule has 96 valence electrons. The number of halogens is 1. The Labute approximate surface area is 105 Å². The van der Waals surface area contributed by atoms with Gasteiger partial charge in [0.25, 0.3) is 5.56 Å². The molecule has 0 atom stereocenters. The van der Waals surface area contributed by atoms with Crippen molar-refractivity contribution in [2.45, 2.75) is 12.8 Å². The van der Waals surface area contributed by atoms with Crippen LogP contribution in [0.4, 0.5) is 4.39 Å². The molecule has 0 radical (unpaired) electrons. The number of rotatable bonds is 4. The molecule has 1 aromatic heterocycles. The zero-order valence-electron chi connectivity index (χ0n) is 10.7. The van der Waals surface area contributed by atoms with E-state index in [4.69, 9.17) is 0 Å². The highest BCUT2D eigenvalue weighted by Crippen LogP contribution is 2.15. The lowest BCUT2D eigenvalue weighted by atomic mass is 10.1. The number of pyridine rings is 1. The summed E-state index contributed by atoms with van der Waals surface area (Å²) < 4.78 is 14.8. The first-order valence-corrected chi connectivity index (χ1v) is 6.06. The third kappa shape index (κ3) is 2.43. The average Bonchev–Trinajstić information content (AvgIpc) is 2.35. The standard InChI is InChI=1S/C14H17FN2O/c1-16-7-3-4-10-8-11-9-12(15)5-6-13(11)17(2)14(10)18/h5-6,8-9,16H,3-4,7H2,1-2H3. The van der Waals surface area contributed by atoms with Crippen LogP contribution in [0.15, 0.2) is 29.1 Å². The van der Waals surface area contributed by atoms with E-state index < -0.39 is 0 Å². The van der Waals surface area contributed by atoms with Crippen molar-refractivity contribution in [1.82, 2.24) is 9.88 Å². The number of hydrogen-bond acceptors (Lipinski definition) is 2. The number of nitrogens with one attached hydrogen (secondary N) is 1. The Balaban J connectivity index is 2.48. The zero-order valence-corrected chi connectivity index (χ0v) is 10.7. The van der Waals surface area contributed by atoms with Gasteiger partial charge in [0.1, 0.15) is 5.82 Å². The van der Waals surface area contributed by atoms with Crippen molar-refractivity contribution in [3.05, 3.63) is 46.0 Å². The highest BCUT2D eigenvalue weighted by molar-refractivity contribution is 5.79. The molecule has 1 heterocycles. The number of aryl methyl sites for hydroxylation is 2. The molecular formula is C14H17FN2O. The average molecular weight is 248 g/mol. The third-order valence-electron chi connectivity index (χ3n) is 3.13. The fourth-order valence-corrected chi connectivity index (χ4v) is 2.16. The van der Waals surface area contributed by atoms with E-state index in [0.29, 0.717) is 6.42 Å². The smallest absolute Gasteiger partial charge is 0.253 e. The first-order valence-electron chi connectivity index (χ1n) is 6.06. The number of aromatic nitrogens is 1. The van der Waals surface area contributed by atoms with Gasteiger partial charge in [0.2, 0.25) is 0 Å². The Morgan fingerprint density at radius 1 is 1.33 bits per heavy atom. The molecule has 2 aromatic rings. The molecule has 4 heteroatoms. The minimum atomic E-state index is -0.276. The van der Waals surface area contributed by atoms with Crippen molar-refractivity contribution in [2.75, 3.05) is 13.6 Å².